The average molecular weight is 242 g/mol. The summed E-state index contributed by atoms with van der Waals surface area (Å²) in [5, 5.41) is 3.52. The first kappa shape index (κ1) is 14.9. The van der Waals surface area contributed by atoms with Gasteiger partial charge in [-0.15, -0.1) is 0 Å². The third-order valence-electron chi connectivity index (χ3n) is 3.96. The van der Waals surface area contributed by atoms with Crippen LogP contribution in [0.3, 0.4) is 0 Å². The van der Waals surface area contributed by atoms with Crippen LogP contribution < -0.4 is 5.32 Å². The minimum atomic E-state index is 0.724. The SMILES string of the molecule is CNC1CCCCCC1CN(C)CCCOC. The van der Waals surface area contributed by atoms with Crippen LogP contribution in [0, 0.1) is 5.92 Å². The van der Waals surface area contributed by atoms with Crippen molar-refractivity contribution >= 4 is 0 Å². The molecule has 0 heterocycles. The van der Waals surface area contributed by atoms with Gasteiger partial charge in [0.15, 0.2) is 0 Å². The second-order valence-corrected chi connectivity index (χ2v) is 5.40. The maximum Gasteiger partial charge on any atom is 0.0474 e. The van der Waals surface area contributed by atoms with Crippen LogP contribution in [0.4, 0.5) is 0 Å². The molecule has 102 valence electrons. The lowest BCUT2D eigenvalue weighted by molar-refractivity contribution is 0.168. The fraction of sp³-hybridized carbons (Fsp3) is 1.00. The highest BCUT2D eigenvalue weighted by Crippen LogP contribution is 2.24. The van der Waals surface area contributed by atoms with E-state index >= 15 is 0 Å². The minimum absolute atomic E-state index is 0.724. The van der Waals surface area contributed by atoms with E-state index in [1.165, 1.54) is 38.6 Å². The summed E-state index contributed by atoms with van der Waals surface area (Å²) >= 11 is 0. The molecule has 3 nitrogen and oxygen atoms in total. The summed E-state index contributed by atoms with van der Waals surface area (Å²) in [6.07, 6.45) is 8.11. The molecule has 0 amide bonds. The third-order valence-corrected chi connectivity index (χ3v) is 3.96. The number of nitrogens with one attached hydrogen (secondary N) is 1. The van der Waals surface area contributed by atoms with E-state index in [1.54, 1.807) is 7.11 Å². The van der Waals surface area contributed by atoms with Crippen molar-refractivity contribution in [2.75, 3.05) is 40.9 Å². The van der Waals surface area contributed by atoms with Gasteiger partial charge in [-0.2, -0.15) is 0 Å². The molecule has 2 atom stereocenters. The molecule has 0 saturated heterocycles. The lowest BCUT2D eigenvalue weighted by atomic mass is 9.94. The summed E-state index contributed by atoms with van der Waals surface area (Å²) in [5.74, 6) is 0.829. The van der Waals surface area contributed by atoms with Crippen molar-refractivity contribution in [1.82, 2.24) is 10.2 Å². The fourth-order valence-electron chi connectivity index (χ4n) is 2.95. The molecule has 1 aliphatic rings. The summed E-state index contributed by atoms with van der Waals surface area (Å²) in [7, 11) is 6.14. The molecule has 0 radical (unpaired) electrons. The molecule has 0 aromatic carbocycles. The molecule has 1 rings (SSSR count). The van der Waals surface area contributed by atoms with E-state index in [0.29, 0.717) is 0 Å². The molecular formula is C14H30N2O. The molecule has 0 aliphatic heterocycles. The van der Waals surface area contributed by atoms with Crippen molar-refractivity contribution in [1.29, 1.82) is 0 Å². The monoisotopic (exact) mass is 242 g/mol. The summed E-state index contributed by atoms with van der Waals surface area (Å²) < 4.78 is 5.11. The van der Waals surface area contributed by atoms with Gasteiger partial charge in [-0.05, 0) is 39.3 Å². The number of ether oxygens (including phenoxy) is 1. The Morgan fingerprint density at radius 2 is 2.00 bits per heavy atom. The number of hydrogen-bond donors (Lipinski definition) is 1. The Morgan fingerprint density at radius 1 is 1.24 bits per heavy atom. The van der Waals surface area contributed by atoms with Crippen LogP contribution in [-0.4, -0.2) is 51.8 Å². The molecular weight excluding hydrogens is 212 g/mol. The predicted octanol–water partition coefficient (Wildman–Crippen LogP) is 2.12. The molecule has 1 aliphatic carbocycles. The van der Waals surface area contributed by atoms with Crippen molar-refractivity contribution < 1.29 is 4.74 Å². The molecule has 0 bridgehead atoms. The van der Waals surface area contributed by atoms with Gasteiger partial charge in [0.05, 0.1) is 0 Å². The Bertz CT molecular complexity index is 187. The summed E-state index contributed by atoms with van der Waals surface area (Å²) in [5.41, 5.74) is 0. The molecule has 2 unspecified atom stereocenters. The third kappa shape index (κ3) is 5.84. The molecule has 1 saturated carbocycles. The van der Waals surface area contributed by atoms with Crippen LogP contribution in [0.15, 0.2) is 0 Å². The molecule has 0 aromatic heterocycles. The van der Waals surface area contributed by atoms with Crippen LogP contribution in [0.1, 0.15) is 38.5 Å². The van der Waals surface area contributed by atoms with Gasteiger partial charge in [-0.3, -0.25) is 0 Å². The van der Waals surface area contributed by atoms with Crippen LogP contribution in [0.2, 0.25) is 0 Å². The number of methoxy groups -OCH3 is 1. The van der Waals surface area contributed by atoms with Gasteiger partial charge in [0.25, 0.3) is 0 Å². The molecule has 3 heteroatoms. The zero-order chi connectivity index (χ0) is 12.5. The maximum absolute atomic E-state index is 5.11. The van der Waals surface area contributed by atoms with Crippen molar-refractivity contribution in [3.8, 4) is 0 Å². The molecule has 0 spiro atoms. The molecule has 0 aromatic rings. The molecule has 1 fully saturated rings. The summed E-state index contributed by atoms with van der Waals surface area (Å²) in [4.78, 5) is 2.47. The zero-order valence-electron chi connectivity index (χ0n) is 11.9. The maximum atomic E-state index is 5.11. The second-order valence-electron chi connectivity index (χ2n) is 5.40. The zero-order valence-corrected chi connectivity index (χ0v) is 11.9. The first-order valence-electron chi connectivity index (χ1n) is 7.12. The standard InChI is InChI=1S/C14H30N2O/c1-15-14-9-6-4-5-8-13(14)12-16(2)10-7-11-17-3/h13-15H,4-12H2,1-3H3. The van der Waals surface area contributed by atoms with Gasteiger partial charge in [0, 0.05) is 32.8 Å². The predicted molar refractivity (Wildman–Crippen MR) is 73.4 cm³/mol. The largest absolute Gasteiger partial charge is 0.385 e. The summed E-state index contributed by atoms with van der Waals surface area (Å²) in [6.45, 7) is 3.26. The van der Waals surface area contributed by atoms with E-state index in [2.05, 4.69) is 24.3 Å². The Hall–Kier alpha value is -0.120. The van der Waals surface area contributed by atoms with Crippen LogP contribution in [-0.2, 0) is 4.74 Å². The smallest absolute Gasteiger partial charge is 0.0474 e. The van der Waals surface area contributed by atoms with E-state index in [0.717, 1.165) is 31.5 Å². The van der Waals surface area contributed by atoms with Gasteiger partial charge in [0.1, 0.15) is 0 Å². The fourth-order valence-corrected chi connectivity index (χ4v) is 2.95. The first-order chi connectivity index (χ1) is 8.27. The van der Waals surface area contributed by atoms with Crippen molar-refractivity contribution in [2.24, 2.45) is 5.92 Å². The van der Waals surface area contributed by atoms with Crippen LogP contribution in [0.25, 0.3) is 0 Å². The van der Waals surface area contributed by atoms with Gasteiger partial charge < -0.3 is 15.0 Å². The van der Waals surface area contributed by atoms with E-state index in [1.807, 2.05) is 0 Å². The van der Waals surface area contributed by atoms with Crippen LogP contribution >= 0.6 is 0 Å². The van der Waals surface area contributed by atoms with Gasteiger partial charge in [0.2, 0.25) is 0 Å². The Kier molecular flexibility index (Phi) is 7.82. The van der Waals surface area contributed by atoms with Crippen molar-refractivity contribution in [2.45, 2.75) is 44.6 Å². The molecule has 17 heavy (non-hydrogen) atoms. The average Bonchev–Trinajstić information content (AvgIpc) is 2.54. The van der Waals surface area contributed by atoms with Crippen LogP contribution in [0.5, 0.6) is 0 Å². The highest BCUT2D eigenvalue weighted by atomic mass is 16.5. The van der Waals surface area contributed by atoms with E-state index < -0.39 is 0 Å². The second kappa shape index (κ2) is 8.90. The normalized spacial score (nSPS) is 26.1. The van der Waals surface area contributed by atoms with Crippen molar-refractivity contribution in [3.05, 3.63) is 0 Å². The highest BCUT2D eigenvalue weighted by molar-refractivity contribution is 4.80. The van der Waals surface area contributed by atoms with E-state index in [9.17, 15) is 0 Å². The number of nitrogens with zero attached hydrogens (tertiary/aromatic N) is 1. The van der Waals surface area contributed by atoms with Gasteiger partial charge in [-0.25, -0.2) is 0 Å². The number of hydrogen-bond acceptors (Lipinski definition) is 3. The minimum Gasteiger partial charge on any atom is -0.385 e. The van der Waals surface area contributed by atoms with Gasteiger partial charge >= 0.3 is 0 Å². The summed E-state index contributed by atoms with van der Waals surface area (Å²) in [6, 6.07) is 0.724. The Morgan fingerprint density at radius 3 is 2.71 bits per heavy atom. The Labute approximate surface area is 107 Å². The number of rotatable bonds is 7. The van der Waals surface area contributed by atoms with E-state index in [-0.39, 0.29) is 0 Å². The highest BCUT2D eigenvalue weighted by Gasteiger charge is 2.23. The molecule has 1 N–H and O–H groups in total. The Balaban J connectivity index is 2.30. The quantitative estimate of drug-likeness (QED) is 0.547. The van der Waals surface area contributed by atoms with Crippen molar-refractivity contribution in [3.63, 3.8) is 0 Å². The van der Waals surface area contributed by atoms with Gasteiger partial charge in [-0.1, -0.05) is 19.3 Å². The first-order valence-corrected chi connectivity index (χ1v) is 7.12. The topological polar surface area (TPSA) is 24.5 Å². The lowest BCUT2D eigenvalue weighted by Crippen LogP contribution is -2.39. The lowest BCUT2D eigenvalue weighted by Gasteiger charge is -2.29. The van der Waals surface area contributed by atoms with E-state index in [4.69, 9.17) is 4.74 Å².